The fourth-order valence-electron chi connectivity index (χ4n) is 2.69. The number of aryl methyl sites for hydroxylation is 1. The minimum Gasteiger partial charge on any atom is -0.465 e. The number of rotatable bonds is 4. The molecule has 3 amide bonds. The molecule has 23 heavy (non-hydrogen) atoms. The van der Waals surface area contributed by atoms with Gasteiger partial charge in [0, 0.05) is 12.0 Å². The van der Waals surface area contributed by atoms with Crippen molar-refractivity contribution in [3.63, 3.8) is 0 Å². The molecule has 1 fully saturated rings. The number of benzene rings is 1. The van der Waals surface area contributed by atoms with E-state index in [-0.39, 0.29) is 30.2 Å². The van der Waals surface area contributed by atoms with E-state index >= 15 is 0 Å². The van der Waals surface area contributed by atoms with Gasteiger partial charge in [-0.05, 0) is 31.7 Å². The van der Waals surface area contributed by atoms with Crippen LogP contribution in [-0.4, -0.2) is 29.1 Å². The summed E-state index contributed by atoms with van der Waals surface area (Å²) < 4.78 is 0. The zero-order chi connectivity index (χ0) is 16.8. The molecule has 0 bridgehead atoms. The van der Waals surface area contributed by atoms with Gasteiger partial charge in [-0.2, -0.15) is 0 Å². The van der Waals surface area contributed by atoms with Crippen LogP contribution in [0.2, 0.25) is 0 Å². The summed E-state index contributed by atoms with van der Waals surface area (Å²) in [7, 11) is 0. The summed E-state index contributed by atoms with van der Waals surface area (Å²) in [4.78, 5) is 34.4. The number of amides is 3. The van der Waals surface area contributed by atoms with Gasteiger partial charge < -0.3 is 10.4 Å². The van der Waals surface area contributed by atoms with Crippen LogP contribution in [0.4, 0.5) is 4.79 Å². The SMILES string of the molecule is Cc1ccc(CC(=O)NNC(=O)[C@H]2CC[C@H](NC(=O)O)C2)cc1. The first-order valence-electron chi connectivity index (χ1n) is 7.57. The van der Waals surface area contributed by atoms with Crippen LogP contribution in [0, 0.1) is 12.8 Å². The van der Waals surface area contributed by atoms with E-state index in [0.717, 1.165) is 11.1 Å². The molecule has 2 atom stereocenters. The molecule has 124 valence electrons. The molecule has 7 heteroatoms. The van der Waals surface area contributed by atoms with E-state index < -0.39 is 6.09 Å². The minimum absolute atomic E-state index is 0.189. The summed E-state index contributed by atoms with van der Waals surface area (Å²) in [5, 5.41) is 11.0. The van der Waals surface area contributed by atoms with E-state index in [1.165, 1.54) is 0 Å². The predicted octanol–water partition coefficient (Wildman–Crippen LogP) is 1.12. The average molecular weight is 319 g/mol. The van der Waals surface area contributed by atoms with Crippen molar-refractivity contribution in [2.24, 2.45) is 5.92 Å². The zero-order valence-corrected chi connectivity index (χ0v) is 13.0. The number of hydrogen-bond acceptors (Lipinski definition) is 3. The zero-order valence-electron chi connectivity index (χ0n) is 13.0. The molecular formula is C16H21N3O4. The highest BCUT2D eigenvalue weighted by Gasteiger charge is 2.30. The number of carbonyl (C=O) groups is 3. The molecule has 1 aromatic carbocycles. The highest BCUT2D eigenvalue weighted by atomic mass is 16.4. The Morgan fingerprint density at radius 1 is 1.13 bits per heavy atom. The smallest absolute Gasteiger partial charge is 0.404 e. The topological polar surface area (TPSA) is 108 Å². The number of nitrogens with one attached hydrogen (secondary N) is 3. The monoisotopic (exact) mass is 319 g/mol. The minimum atomic E-state index is -1.08. The highest BCUT2D eigenvalue weighted by Crippen LogP contribution is 2.25. The molecule has 1 saturated carbocycles. The Morgan fingerprint density at radius 3 is 2.48 bits per heavy atom. The number of carboxylic acid groups (broad SMARTS) is 1. The fraction of sp³-hybridized carbons (Fsp3) is 0.438. The van der Waals surface area contributed by atoms with Gasteiger partial charge >= 0.3 is 6.09 Å². The van der Waals surface area contributed by atoms with Gasteiger partial charge in [-0.1, -0.05) is 29.8 Å². The first kappa shape index (κ1) is 16.8. The molecule has 0 aromatic heterocycles. The Balaban J connectivity index is 1.73. The maximum atomic E-state index is 12.0. The summed E-state index contributed by atoms with van der Waals surface area (Å²) in [6.07, 6.45) is 0.787. The van der Waals surface area contributed by atoms with Gasteiger partial charge in [0.25, 0.3) is 0 Å². The highest BCUT2D eigenvalue weighted by molar-refractivity contribution is 5.84. The molecule has 0 spiro atoms. The van der Waals surface area contributed by atoms with E-state index in [9.17, 15) is 14.4 Å². The molecule has 0 unspecified atom stereocenters. The molecule has 0 aliphatic heterocycles. The van der Waals surface area contributed by atoms with E-state index in [0.29, 0.717) is 19.3 Å². The van der Waals surface area contributed by atoms with Crippen LogP contribution in [0.5, 0.6) is 0 Å². The standard InChI is InChI=1S/C16H21N3O4/c1-10-2-4-11(5-3-10)8-14(20)18-19-15(21)12-6-7-13(9-12)17-16(22)23/h2-5,12-13,17H,6-9H2,1H3,(H,18,20)(H,19,21)(H,22,23)/t12-,13-/m0/s1. The second kappa shape index (κ2) is 7.62. The Labute approximate surface area is 134 Å². The Morgan fingerprint density at radius 2 is 1.83 bits per heavy atom. The fourth-order valence-corrected chi connectivity index (χ4v) is 2.69. The van der Waals surface area contributed by atoms with Gasteiger partial charge in [0.1, 0.15) is 0 Å². The number of carbonyl (C=O) groups excluding carboxylic acids is 2. The first-order chi connectivity index (χ1) is 10.9. The second-order valence-electron chi connectivity index (χ2n) is 5.86. The van der Waals surface area contributed by atoms with Gasteiger partial charge in [0.05, 0.1) is 6.42 Å². The quantitative estimate of drug-likeness (QED) is 0.624. The van der Waals surface area contributed by atoms with Gasteiger partial charge in [0.15, 0.2) is 0 Å². The van der Waals surface area contributed by atoms with Crippen molar-refractivity contribution >= 4 is 17.9 Å². The molecule has 1 aliphatic rings. The molecule has 0 saturated heterocycles. The molecule has 1 aliphatic carbocycles. The number of hydrazine groups is 1. The van der Waals surface area contributed by atoms with Gasteiger partial charge in [0.2, 0.25) is 11.8 Å². The van der Waals surface area contributed by atoms with E-state index in [1.807, 2.05) is 31.2 Å². The van der Waals surface area contributed by atoms with Gasteiger partial charge in [-0.3, -0.25) is 20.4 Å². The van der Waals surface area contributed by atoms with Crippen molar-refractivity contribution in [2.45, 2.75) is 38.6 Å². The van der Waals surface area contributed by atoms with Crippen LogP contribution in [0.1, 0.15) is 30.4 Å². The molecule has 2 rings (SSSR count). The van der Waals surface area contributed by atoms with Crippen molar-refractivity contribution < 1.29 is 19.5 Å². The van der Waals surface area contributed by atoms with Gasteiger partial charge in [-0.25, -0.2) is 4.79 Å². The van der Waals surface area contributed by atoms with Crippen LogP contribution < -0.4 is 16.2 Å². The lowest BCUT2D eigenvalue weighted by Crippen LogP contribution is -2.45. The maximum Gasteiger partial charge on any atom is 0.404 e. The van der Waals surface area contributed by atoms with Crippen LogP contribution in [0.3, 0.4) is 0 Å². The van der Waals surface area contributed by atoms with Crippen LogP contribution in [-0.2, 0) is 16.0 Å². The van der Waals surface area contributed by atoms with Crippen molar-refractivity contribution in [3.8, 4) is 0 Å². The lowest BCUT2D eigenvalue weighted by molar-refractivity contribution is -0.130. The molecule has 0 heterocycles. The van der Waals surface area contributed by atoms with E-state index in [1.54, 1.807) is 0 Å². The summed E-state index contributed by atoms with van der Waals surface area (Å²) in [5.41, 5.74) is 6.81. The third kappa shape index (κ3) is 5.28. The Hall–Kier alpha value is -2.57. The van der Waals surface area contributed by atoms with Crippen molar-refractivity contribution in [2.75, 3.05) is 0 Å². The third-order valence-electron chi connectivity index (χ3n) is 3.94. The Kier molecular flexibility index (Phi) is 5.56. The molecule has 4 N–H and O–H groups in total. The lowest BCUT2D eigenvalue weighted by atomic mass is 10.1. The normalized spacial score (nSPS) is 19.9. The Bertz CT molecular complexity index is 585. The predicted molar refractivity (Wildman–Crippen MR) is 83.5 cm³/mol. The summed E-state index contributed by atoms with van der Waals surface area (Å²) in [5.74, 6) is -0.858. The molecular weight excluding hydrogens is 298 g/mol. The van der Waals surface area contributed by atoms with Gasteiger partial charge in [-0.15, -0.1) is 0 Å². The average Bonchev–Trinajstić information content (AvgIpc) is 2.95. The summed E-state index contributed by atoms with van der Waals surface area (Å²) in [6.45, 7) is 1.97. The van der Waals surface area contributed by atoms with E-state index in [2.05, 4.69) is 16.2 Å². The maximum absolute atomic E-state index is 12.0. The molecule has 1 aromatic rings. The van der Waals surface area contributed by atoms with E-state index in [4.69, 9.17) is 5.11 Å². The van der Waals surface area contributed by atoms with Crippen LogP contribution in [0.15, 0.2) is 24.3 Å². The largest absolute Gasteiger partial charge is 0.465 e. The second-order valence-corrected chi connectivity index (χ2v) is 5.86. The third-order valence-corrected chi connectivity index (χ3v) is 3.94. The number of hydrogen-bond donors (Lipinski definition) is 4. The van der Waals surface area contributed by atoms with Crippen molar-refractivity contribution in [3.05, 3.63) is 35.4 Å². The summed E-state index contributed by atoms with van der Waals surface area (Å²) >= 11 is 0. The lowest BCUT2D eigenvalue weighted by Gasteiger charge is -2.13. The van der Waals surface area contributed by atoms with Crippen molar-refractivity contribution in [1.29, 1.82) is 0 Å². The van der Waals surface area contributed by atoms with Crippen molar-refractivity contribution in [1.82, 2.24) is 16.2 Å². The first-order valence-corrected chi connectivity index (χ1v) is 7.57. The van der Waals surface area contributed by atoms with Crippen LogP contribution in [0.25, 0.3) is 0 Å². The van der Waals surface area contributed by atoms with Crippen LogP contribution >= 0.6 is 0 Å². The molecule has 0 radical (unpaired) electrons. The molecule has 7 nitrogen and oxygen atoms in total. The summed E-state index contributed by atoms with van der Waals surface area (Å²) in [6, 6.07) is 7.39.